The standard InChI is InChI=1S/C54H62N6O10/c1-33(2)9-20-43-47(68-31-39(57-55)27-56-28-45(62)36-12-16-41(65-6)17-13-36)22-35(23-48(43)69-32-40-29-60(59-58-40)30-46(63)37-14-18-42(66-7)19-15-37)11-10-34-21-38-25-50-53(3,4)52(64)44(61)26-54(50,5)70-51(38)49(24-34)67-8/h9-19,21-24,27,29,44,50,52,61,64H,20,25-26,28,30-32,55H2,1-8H3/b11-10+,56-27?,57-39?/t44-,50-,52-,54-/m1/s1. The number of carbonyl (C=O) groups is 2. The van der Waals surface area contributed by atoms with E-state index in [9.17, 15) is 19.8 Å². The highest BCUT2D eigenvalue weighted by Gasteiger charge is 2.58. The van der Waals surface area contributed by atoms with Crippen LogP contribution in [0.5, 0.6) is 34.5 Å². The lowest BCUT2D eigenvalue weighted by Gasteiger charge is -2.56. The van der Waals surface area contributed by atoms with Gasteiger partial charge >= 0.3 is 0 Å². The second kappa shape index (κ2) is 22.0. The summed E-state index contributed by atoms with van der Waals surface area (Å²) < 4.78 is 37.5. The number of rotatable bonds is 20. The maximum Gasteiger partial charge on any atom is 0.184 e. The molecule has 4 aromatic carbocycles. The molecule has 1 aromatic heterocycles. The van der Waals surface area contributed by atoms with Gasteiger partial charge in [-0.25, -0.2) is 4.68 Å². The predicted octanol–water partition coefficient (Wildman–Crippen LogP) is 7.55. The average Bonchev–Trinajstić information content (AvgIpc) is 3.81. The summed E-state index contributed by atoms with van der Waals surface area (Å²) in [7, 11) is 4.73. The van der Waals surface area contributed by atoms with Crippen molar-refractivity contribution in [3.8, 4) is 34.5 Å². The fraction of sp³-hybridized carbons (Fsp3) is 0.370. The van der Waals surface area contributed by atoms with Crippen LogP contribution >= 0.6 is 0 Å². The predicted molar refractivity (Wildman–Crippen MR) is 268 cm³/mol. The number of aliphatic hydroxyl groups is 2. The first-order valence-electron chi connectivity index (χ1n) is 23.0. The summed E-state index contributed by atoms with van der Waals surface area (Å²) in [5.74, 6) is 8.89. The van der Waals surface area contributed by atoms with Gasteiger partial charge in [-0.2, -0.15) is 5.10 Å². The molecule has 0 bridgehead atoms. The number of nitrogens with two attached hydrogens (primary N) is 1. The summed E-state index contributed by atoms with van der Waals surface area (Å²) in [6.07, 6.45) is 8.61. The lowest BCUT2D eigenvalue weighted by Crippen LogP contribution is -2.63. The van der Waals surface area contributed by atoms with Crippen LogP contribution in [0.4, 0.5) is 0 Å². The van der Waals surface area contributed by atoms with Gasteiger partial charge in [0.25, 0.3) is 0 Å². The molecule has 4 atom stereocenters. The zero-order valence-electron chi connectivity index (χ0n) is 41.0. The van der Waals surface area contributed by atoms with Crippen LogP contribution in [0.15, 0.2) is 101 Å². The highest BCUT2D eigenvalue weighted by atomic mass is 16.5. The number of hydrogen-bond donors (Lipinski definition) is 3. The minimum absolute atomic E-state index is 0.0180. The van der Waals surface area contributed by atoms with Crippen LogP contribution in [0.3, 0.4) is 0 Å². The van der Waals surface area contributed by atoms with E-state index >= 15 is 0 Å². The fourth-order valence-corrected chi connectivity index (χ4v) is 9.11. The lowest BCUT2D eigenvalue weighted by molar-refractivity contribution is -0.187. The molecule has 0 spiro atoms. The molecule has 16 heteroatoms. The smallest absolute Gasteiger partial charge is 0.184 e. The molecule has 16 nitrogen and oxygen atoms in total. The molecule has 2 aliphatic rings. The van der Waals surface area contributed by atoms with Gasteiger partial charge in [0.1, 0.15) is 66.3 Å². The molecule has 0 amide bonds. The maximum atomic E-state index is 13.1. The molecular weight excluding hydrogens is 893 g/mol. The Morgan fingerprint density at radius 2 is 1.47 bits per heavy atom. The molecule has 0 unspecified atom stereocenters. The number of ketones is 2. The minimum Gasteiger partial charge on any atom is -0.497 e. The van der Waals surface area contributed by atoms with Crippen molar-refractivity contribution in [3.63, 3.8) is 0 Å². The summed E-state index contributed by atoms with van der Waals surface area (Å²) in [5, 5.41) is 34.3. The van der Waals surface area contributed by atoms with Crippen molar-refractivity contribution < 1.29 is 48.2 Å². The van der Waals surface area contributed by atoms with Crippen LogP contribution in [-0.4, -0.2) is 101 Å². The van der Waals surface area contributed by atoms with E-state index in [4.69, 9.17) is 34.3 Å². The number of aromatic nitrogens is 3. The number of fused-ring (bicyclic) bond motifs is 2. The van der Waals surface area contributed by atoms with Gasteiger partial charge in [-0.15, -0.1) is 5.10 Å². The number of carbonyl (C=O) groups excluding carboxylic acids is 2. The largest absolute Gasteiger partial charge is 0.497 e. The number of nitrogens with zero attached hydrogens (tertiary/aromatic N) is 5. The number of allylic oxidation sites excluding steroid dienone is 2. The fourth-order valence-electron chi connectivity index (χ4n) is 9.11. The van der Waals surface area contributed by atoms with Crippen LogP contribution in [0, 0.1) is 11.3 Å². The Kier molecular flexibility index (Phi) is 15.9. The van der Waals surface area contributed by atoms with E-state index in [-0.39, 0.29) is 43.8 Å². The van der Waals surface area contributed by atoms with Gasteiger partial charge in [0, 0.05) is 40.7 Å². The average molecular weight is 955 g/mol. The van der Waals surface area contributed by atoms with Crippen LogP contribution in [-0.2, 0) is 26.0 Å². The van der Waals surface area contributed by atoms with Gasteiger partial charge in [0.15, 0.2) is 23.1 Å². The van der Waals surface area contributed by atoms with E-state index in [1.807, 2.05) is 65.0 Å². The first-order chi connectivity index (χ1) is 33.5. The number of benzene rings is 4. The molecular formula is C54H62N6O10. The van der Waals surface area contributed by atoms with E-state index in [2.05, 4.69) is 32.5 Å². The van der Waals surface area contributed by atoms with E-state index in [1.165, 1.54) is 10.9 Å². The third kappa shape index (κ3) is 11.7. The molecule has 5 aromatic rings. The number of methoxy groups -OCH3 is 3. The van der Waals surface area contributed by atoms with Crippen molar-refractivity contribution in [2.75, 3.05) is 34.5 Å². The summed E-state index contributed by atoms with van der Waals surface area (Å²) in [4.78, 5) is 30.3. The lowest BCUT2D eigenvalue weighted by atomic mass is 9.57. The Morgan fingerprint density at radius 3 is 2.09 bits per heavy atom. The molecule has 0 saturated heterocycles. The van der Waals surface area contributed by atoms with Gasteiger partial charge in [0.2, 0.25) is 0 Å². The van der Waals surface area contributed by atoms with Gasteiger partial charge < -0.3 is 44.5 Å². The van der Waals surface area contributed by atoms with E-state index in [0.29, 0.717) is 76.3 Å². The Bertz CT molecular complexity index is 2790. The van der Waals surface area contributed by atoms with Crippen molar-refractivity contribution in [3.05, 3.63) is 130 Å². The highest BCUT2D eigenvalue weighted by Crippen LogP contribution is 2.55. The molecule has 1 fully saturated rings. The molecule has 2 heterocycles. The molecule has 4 N–H and O–H groups in total. The number of aliphatic hydroxyl groups excluding tert-OH is 2. The monoisotopic (exact) mass is 954 g/mol. The Labute approximate surface area is 408 Å². The number of aliphatic imine (C=N–C) groups is 1. The SMILES string of the molecule is COc1ccc(C(=O)CN=CC(COc2cc(/C=C/c3cc4c(c(OC)c3)O[C@]3(C)C[C@@H](O)[C@@H](O)C(C)(C)[C@H]3C4)cc(OCc3cn(CC(=O)c4ccc(OC)cc4)nn3)c2CC=C(C)C)=NN)cc1. The maximum absolute atomic E-state index is 13.1. The number of Topliss-reactive ketones (excluding diaryl/α,β-unsaturated/α-hetero) is 2. The number of hydrogen-bond acceptors (Lipinski definition) is 15. The summed E-state index contributed by atoms with van der Waals surface area (Å²) in [5.41, 5.74) is 4.79. The van der Waals surface area contributed by atoms with Crippen LogP contribution in [0.1, 0.15) is 89.7 Å². The van der Waals surface area contributed by atoms with Gasteiger partial charge in [-0.3, -0.25) is 14.6 Å². The van der Waals surface area contributed by atoms with Gasteiger partial charge in [-0.1, -0.05) is 42.9 Å². The zero-order chi connectivity index (χ0) is 50.2. The Morgan fingerprint density at radius 1 is 0.857 bits per heavy atom. The van der Waals surface area contributed by atoms with Gasteiger partial charge in [-0.05, 0) is 123 Å². The molecule has 1 aliphatic carbocycles. The molecule has 7 rings (SSSR count). The molecule has 1 saturated carbocycles. The Hall–Kier alpha value is -7.30. The first-order valence-corrected chi connectivity index (χ1v) is 23.0. The second-order valence-corrected chi connectivity index (χ2v) is 18.6. The normalized spacial score (nSPS) is 19.5. The summed E-state index contributed by atoms with van der Waals surface area (Å²) in [6.45, 7) is 9.77. The van der Waals surface area contributed by atoms with Crippen molar-refractivity contribution in [1.29, 1.82) is 0 Å². The molecule has 1 aliphatic heterocycles. The molecule has 0 radical (unpaired) electrons. The van der Waals surface area contributed by atoms with Crippen molar-refractivity contribution >= 4 is 35.6 Å². The van der Waals surface area contributed by atoms with Crippen molar-refractivity contribution in [2.45, 2.75) is 84.8 Å². The van der Waals surface area contributed by atoms with E-state index in [1.54, 1.807) is 76.1 Å². The zero-order valence-corrected chi connectivity index (χ0v) is 41.0. The molecule has 368 valence electrons. The third-order valence-electron chi connectivity index (χ3n) is 13.0. The van der Waals surface area contributed by atoms with Gasteiger partial charge in [0.05, 0.1) is 39.7 Å². The topological polar surface area (TPSA) is 211 Å². The summed E-state index contributed by atoms with van der Waals surface area (Å²) >= 11 is 0. The summed E-state index contributed by atoms with van der Waals surface area (Å²) in [6, 6.07) is 21.5. The van der Waals surface area contributed by atoms with Crippen LogP contribution < -0.4 is 34.3 Å². The van der Waals surface area contributed by atoms with Crippen LogP contribution in [0.2, 0.25) is 0 Å². The second-order valence-electron chi connectivity index (χ2n) is 18.6. The van der Waals surface area contributed by atoms with E-state index < -0.39 is 23.2 Å². The van der Waals surface area contributed by atoms with Crippen molar-refractivity contribution in [2.24, 2.45) is 27.3 Å². The molecule has 70 heavy (non-hydrogen) atoms. The number of hydrazone groups is 1. The van der Waals surface area contributed by atoms with Crippen LogP contribution in [0.25, 0.3) is 12.2 Å². The number of ether oxygens (including phenoxy) is 6. The third-order valence-corrected chi connectivity index (χ3v) is 13.0. The van der Waals surface area contributed by atoms with Crippen molar-refractivity contribution in [1.82, 2.24) is 15.0 Å². The first kappa shape index (κ1) is 50.6. The Balaban J connectivity index is 1.18. The van der Waals surface area contributed by atoms with E-state index in [0.717, 1.165) is 27.8 Å². The highest BCUT2D eigenvalue weighted by molar-refractivity contribution is 6.31. The minimum atomic E-state index is -0.915. The quantitative estimate of drug-likeness (QED) is 0.0172.